The molecule has 0 amide bonds. The number of hydrogen-bond acceptors (Lipinski definition) is 4. The van der Waals surface area contributed by atoms with Gasteiger partial charge in [0.05, 0.1) is 6.61 Å². The van der Waals surface area contributed by atoms with Gasteiger partial charge >= 0.3 is 0 Å². The minimum absolute atomic E-state index is 0.554. The highest BCUT2D eigenvalue weighted by molar-refractivity contribution is 5.43. The molecule has 4 nitrogen and oxygen atoms in total. The van der Waals surface area contributed by atoms with Gasteiger partial charge in [-0.1, -0.05) is 36.4 Å². The van der Waals surface area contributed by atoms with Crippen molar-refractivity contribution < 1.29 is 9.47 Å². The number of rotatable bonds is 7. The van der Waals surface area contributed by atoms with Crippen molar-refractivity contribution in [3.63, 3.8) is 0 Å². The third-order valence-corrected chi connectivity index (χ3v) is 4.55. The molecule has 0 unspecified atom stereocenters. The zero-order valence-corrected chi connectivity index (χ0v) is 15.3. The first-order valence-electron chi connectivity index (χ1n) is 9.08. The molecule has 0 N–H and O–H groups in total. The summed E-state index contributed by atoms with van der Waals surface area (Å²) in [6, 6.07) is 16.5. The summed E-state index contributed by atoms with van der Waals surface area (Å²) in [6.45, 7) is 8.67. The van der Waals surface area contributed by atoms with E-state index in [2.05, 4.69) is 41.1 Å². The molecular weight excluding hydrogens is 312 g/mol. The van der Waals surface area contributed by atoms with Gasteiger partial charge in [-0.3, -0.25) is 4.90 Å². The zero-order chi connectivity index (χ0) is 17.5. The second kappa shape index (κ2) is 8.88. The molecule has 0 radical (unpaired) electrons. The Hall–Kier alpha value is -2.04. The standard InChI is InChI=1S/C21H28N2O2/c1-3-24-21-15-19(16-23-13-11-22(2)12-14-23)9-10-20(21)25-17-18-7-5-4-6-8-18/h4-10,15H,3,11-14,16-17H2,1-2H3. The zero-order valence-electron chi connectivity index (χ0n) is 15.3. The van der Waals surface area contributed by atoms with E-state index in [9.17, 15) is 0 Å². The van der Waals surface area contributed by atoms with Gasteiger partial charge in [-0.05, 0) is 37.2 Å². The van der Waals surface area contributed by atoms with Crippen LogP contribution in [0.1, 0.15) is 18.1 Å². The van der Waals surface area contributed by atoms with Gasteiger partial charge in [-0.2, -0.15) is 0 Å². The molecule has 134 valence electrons. The van der Waals surface area contributed by atoms with Crippen molar-refractivity contribution in [1.29, 1.82) is 0 Å². The number of piperazine rings is 1. The smallest absolute Gasteiger partial charge is 0.161 e. The molecule has 0 aliphatic carbocycles. The van der Waals surface area contributed by atoms with Gasteiger partial charge in [0, 0.05) is 32.7 Å². The largest absolute Gasteiger partial charge is 0.490 e. The molecule has 0 atom stereocenters. The first-order chi connectivity index (χ1) is 12.2. The molecular formula is C21H28N2O2. The fourth-order valence-corrected chi connectivity index (χ4v) is 3.04. The maximum atomic E-state index is 5.99. The summed E-state index contributed by atoms with van der Waals surface area (Å²) in [5, 5.41) is 0. The molecule has 2 aromatic carbocycles. The third kappa shape index (κ3) is 5.21. The lowest BCUT2D eigenvalue weighted by atomic mass is 10.1. The Morgan fingerprint density at radius 3 is 2.32 bits per heavy atom. The Bertz CT molecular complexity index is 652. The Morgan fingerprint density at radius 2 is 1.60 bits per heavy atom. The number of nitrogens with zero attached hydrogens (tertiary/aromatic N) is 2. The van der Waals surface area contributed by atoms with E-state index in [-0.39, 0.29) is 0 Å². The second-order valence-corrected chi connectivity index (χ2v) is 6.57. The highest BCUT2D eigenvalue weighted by atomic mass is 16.5. The lowest BCUT2D eigenvalue weighted by Gasteiger charge is -2.32. The van der Waals surface area contributed by atoms with Gasteiger partial charge in [0.2, 0.25) is 0 Å². The summed E-state index contributed by atoms with van der Waals surface area (Å²) < 4.78 is 11.8. The molecule has 4 heteroatoms. The maximum absolute atomic E-state index is 5.99. The summed E-state index contributed by atoms with van der Waals surface area (Å²) in [7, 11) is 2.18. The Balaban J connectivity index is 1.65. The van der Waals surface area contributed by atoms with Gasteiger partial charge in [-0.25, -0.2) is 0 Å². The molecule has 1 aliphatic rings. The predicted molar refractivity (Wildman–Crippen MR) is 101 cm³/mol. The van der Waals surface area contributed by atoms with Crippen LogP contribution in [0, 0.1) is 0 Å². The summed E-state index contributed by atoms with van der Waals surface area (Å²) in [5.74, 6) is 1.65. The van der Waals surface area contributed by atoms with Crippen LogP contribution >= 0.6 is 0 Å². The molecule has 1 aliphatic heterocycles. The van der Waals surface area contributed by atoms with Crippen LogP contribution in [0.2, 0.25) is 0 Å². The first-order valence-corrected chi connectivity index (χ1v) is 9.08. The monoisotopic (exact) mass is 340 g/mol. The van der Waals surface area contributed by atoms with Crippen molar-refractivity contribution in [3.8, 4) is 11.5 Å². The van der Waals surface area contributed by atoms with Crippen LogP contribution in [0.3, 0.4) is 0 Å². The Morgan fingerprint density at radius 1 is 0.840 bits per heavy atom. The van der Waals surface area contributed by atoms with Crippen LogP contribution < -0.4 is 9.47 Å². The molecule has 3 rings (SSSR count). The van der Waals surface area contributed by atoms with E-state index in [0.29, 0.717) is 13.2 Å². The average molecular weight is 340 g/mol. The fraction of sp³-hybridized carbons (Fsp3) is 0.429. The molecule has 2 aromatic rings. The molecule has 25 heavy (non-hydrogen) atoms. The van der Waals surface area contributed by atoms with Gasteiger partial charge < -0.3 is 14.4 Å². The van der Waals surface area contributed by atoms with Crippen LogP contribution in [0.15, 0.2) is 48.5 Å². The van der Waals surface area contributed by atoms with Crippen LogP contribution in [0.5, 0.6) is 11.5 Å². The van der Waals surface area contributed by atoms with Crippen molar-refractivity contribution in [2.75, 3.05) is 39.8 Å². The molecule has 1 heterocycles. The number of likely N-dealkylation sites (N-methyl/N-ethyl adjacent to an activating group) is 1. The van der Waals surface area contributed by atoms with E-state index in [0.717, 1.165) is 49.8 Å². The highest BCUT2D eigenvalue weighted by Crippen LogP contribution is 2.30. The summed E-state index contributed by atoms with van der Waals surface area (Å²) in [5.41, 5.74) is 2.44. The fourth-order valence-electron chi connectivity index (χ4n) is 3.04. The molecule has 0 bridgehead atoms. The Kier molecular flexibility index (Phi) is 6.31. The van der Waals surface area contributed by atoms with E-state index in [1.54, 1.807) is 0 Å². The van der Waals surface area contributed by atoms with E-state index in [1.165, 1.54) is 5.56 Å². The quantitative estimate of drug-likeness (QED) is 0.771. The average Bonchev–Trinajstić information content (AvgIpc) is 2.64. The lowest BCUT2D eigenvalue weighted by molar-refractivity contribution is 0.148. The first kappa shape index (κ1) is 17.8. The van der Waals surface area contributed by atoms with Crippen molar-refractivity contribution in [1.82, 2.24) is 9.80 Å². The second-order valence-electron chi connectivity index (χ2n) is 6.57. The van der Waals surface area contributed by atoms with E-state index >= 15 is 0 Å². The predicted octanol–water partition coefficient (Wildman–Crippen LogP) is 3.41. The van der Waals surface area contributed by atoms with Crippen LogP contribution in [-0.2, 0) is 13.2 Å². The number of ether oxygens (including phenoxy) is 2. The molecule has 1 saturated heterocycles. The van der Waals surface area contributed by atoms with Gasteiger partial charge in [0.1, 0.15) is 6.61 Å². The van der Waals surface area contributed by atoms with Gasteiger partial charge in [-0.15, -0.1) is 0 Å². The number of benzene rings is 2. The van der Waals surface area contributed by atoms with E-state index in [4.69, 9.17) is 9.47 Å². The third-order valence-electron chi connectivity index (χ3n) is 4.55. The summed E-state index contributed by atoms with van der Waals surface area (Å²) in [6.07, 6.45) is 0. The minimum atomic E-state index is 0.554. The van der Waals surface area contributed by atoms with Crippen molar-refractivity contribution >= 4 is 0 Å². The highest BCUT2D eigenvalue weighted by Gasteiger charge is 2.15. The van der Waals surface area contributed by atoms with Gasteiger partial charge in [0.15, 0.2) is 11.5 Å². The van der Waals surface area contributed by atoms with Crippen molar-refractivity contribution in [2.45, 2.75) is 20.1 Å². The topological polar surface area (TPSA) is 24.9 Å². The summed E-state index contributed by atoms with van der Waals surface area (Å²) >= 11 is 0. The lowest BCUT2D eigenvalue weighted by Crippen LogP contribution is -2.43. The van der Waals surface area contributed by atoms with E-state index < -0.39 is 0 Å². The van der Waals surface area contributed by atoms with Crippen molar-refractivity contribution in [3.05, 3.63) is 59.7 Å². The van der Waals surface area contributed by atoms with Crippen LogP contribution in [0.4, 0.5) is 0 Å². The molecule has 0 spiro atoms. The normalized spacial score (nSPS) is 15.9. The molecule has 0 aromatic heterocycles. The molecule has 0 saturated carbocycles. The van der Waals surface area contributed by atoms with Gasteiger partial charge in [0.25, 0.3) is 0 Å². The van der Waals surface area contributed by atoms with Crippen LogP contribution in [-0.4, -0.2) is 49.6 Å². The van der Waals surface area contributed by atoms with Crippen molar-refractivity contribution in [2.24, 2.45) is 0 Å². The SMILES string of the molecule is CCOc1cc(CN2CCN(C)CC2)ccc1OCc1ccccc1. The maximum Gasteiger partial charge on any atom is 0.161 e. The summed E-state index contributed by atoms with van der Waals surface area (Å²) in [4.78, 5) is 4.87. The minimum Gasteiger partial charge on any atom is -0.490 e. The number of hydrogen-bond donors (Lipinski definition) is 0. The Labute approximate surface area is 151 Å². The van der Waals surface area contributed by atoms with Crippen LogP contribution in [0.25, 0.3) is 0 Å². The molecule has 1 fully saturated rings. The van der Waals surface area contributed by atoms with E-state index in [1.807, 2.05) is 31.2 Å².